The molecule has 1 aliphatic heterocycles. The lowest BCUT2D eigenvalue weighted by molar-refractivity contribution is -0.119. The minimum Gasteiger partial charge on any atom is -0.366 e. The molecule has 0 saturated carbocycles. The van der Waals surface area contributed by atoms with Crippen LogP contribution in [0.4, 0.5) is 0 Å². The summed E-state index contributed by atoms with van der Waals surface area (Å²) in [6, 6.07) is 9.83. The van der Waals surface area contributed by atoms with Crippen LogP contribution in [0.3, 0.4) is 0 Å². The van der Waals surface area contributed by atoms with Crippen molar-refractivity contribution < 1.29 is 9.59 Å². The van der Waals surface area contributed by atoms with E-state index in [0.717, 1.165) is 0 Å². The highest BCUT2D eigenvalue weighted by molar-refractivity contribution is 6.30. The Morgan fingerprint density at radius 3 is 2.60 bits per heavy atom. The van der Waals surface area contributed by atoms with Crippen LogP contribution >= 0.6 is 11.6 Å². The first-order valence-corrected chi connectivity index (χ1v) is 8.12. The number of nitrogens with one attached hydrogen (secondary N) is 2. The van der Waals surface area contributed by atoms with Crippen LogP contribution in [-0.4, -0.2) is 22.8 Å². The number of carbonyl (C=O) groups excluding carboxylic acids is 2. The van der Waals surface area contributed by atoms with Gasteiger partial charge in [-0.05, 0) is 36.2 Å². The molecule has 2 amide bonds. The number of hydrogen-bond acceptors (Lipinski definition) is 3. The standard InChI is InChI=1S/C18H16ClN3O3/c19-14-5-6-15(22-18(14)25)13(9-12-4-7-16(23)21-12)10-2-1-3-11(8-10)17(20)24/h1-3,5-6,8-9,12H,4,7H2,(H2,20,24)(H,21,23)(H,22,25)/t12-/m1/s1. The molecule has 1 saturated heterocycles. The Bertz CT molecular complexity index is 933. The van der Waals surface area contributed by atoms with Crippen LogP contribution < -0.4 is 16.6 Å². The zero-order chi connectivity index (χ0) is 18.0. The zero-order valence-corrected chi connectivity index (χ0v) is 14.0. The summed E-state index contributed by atoms with van der Waals surface area (Å²) in [6.45, 7) is 0. The van der Waals surface area contributed by atoms with E-state index in [2.05, 4.69) is 10.3 Å². The maximum atomic E-state index is 11.9. The monoisotopic (exact) mass is 357 g/mol. The van der Waals surface area contributed by atoms with Gasteiger partial charge < -0.3 is 16.0 Å². The van der Waals surface area contributed by atoms with Gasteiger partial charge in [0.15, 0.2) is 0 Å². The van der Waals surface area contributed by atoms with Crippen molar-refractivity contribution in [2.24, 2.45) is 5.73 Å². The number of aromatic amines is 1. The van der Waals surface area contributed by atoms with E-state index in [9.17, 15) is 14.4 Å². The first kappa shape index (κ1) is 17.0. The molecule has 0 spiro atoms. The van der Waals surface area contributed by atoms with Gasteiger partial charge >= 0.3 is 0 Å². The summed E-state index contributed by atoms with van der Waals surface area (Å²) in [5, 5.41) is 2.95. The van der Waals surface area contributed by atoms with Crippen molar-refractivity contribution in [1.29, 1.82) is 0 Å². The molecule has 0 radical (unpaired) electrons. The molecule has 0 aliphatic carbocycles. The smallest absolute Gasteiger partial charge is 0.267 e. The summed E-state index contributed by atoms with van der Waals surface area (Å²) >= 11 is 5.81. The average Bonchev–Trinajstić information content (AvgIpc) is 3.00. The number of primary amides is 1. The van der Waals surface area contributed by atoms with Crippen molar-refractivity contribution in [3.05, 3.63) is 74.7 Å². The molecule has 128 valence electrons. The lowest BCUT2D eigenvalue weighted by Crippen LogP contribution is -2.23. The molecular weight excluding hydrogens is 342 g/mol. The fraction of sp³-hybridized carbons (Fsp3) is 0.167. The van der Waals surface area contributed by atoms with Gasteiger partial charge in [0.1, 0.15) is 5.02 Å². The van der Waals surface area contributed by atoms with Crippen LogP contribution in [0.15, 0.2) is 47.3 Å². The van der Waals surface area contributed by atoms with Gasteiger partial charge in [-0.1, -0.05) is 29.8 Å². The highest BCUT2D eigenvalue weighted by Crippen LogP contribution is 2.25. The first-order valence-electron chi connectivity index (χ1n) is 7.74. The van der Waals surface area contributed by atoms with Gasteiger partial charge in [0.2, 0.25) is 11.8 Å². The molecule has 2 heterocycles. The van der Waals surface area contributed by atoms with Crippen molar-refractivity contribution in [3.63, 3.8) is 0 Å². The van der Waals surface area contributed by atoms with Gasteiger partial charge in [0, 0.05) is 29.3 Å². The predicted octanol–water partition coefficient (Wildman–Crippen LogP) is 1.84. The normalized spacial score (nSPS) is 17.4. The highest BCUT2D eigenvalue weighted by atomic mass is 35.5. The Kier molecular flexibility index (Phi) is 4.72. The molecule has 0 bridgehead atoms. The number of benzene rings is 1. The fourth-order valence-corrected chi connectivity index (χ4v) is 2.87. The lowest BCUT2D eigenvalue weighted by atomic mass is 9.97. The van der Waals surface area contributed by atoms with Crippen LogP contribution in [0, 0.1) is 0 Å². The van der Waals surface area contributed by atoms with Crippen LogP contribution in [0.5, 0.6) is 0 Å². The number of pyridine rings is 1. The van der Waals surface area contributed by atoms with E-state index >= 15 is 0 Å². The van der Waals surface area contributed by atoms with E-state index in [1.54, 1.807) is 24.3 Å². The van der Waals surface area contributed by atoms with Crippen molar-refractivity contribution in [2.45, 2.75) is 18.9 Å². The second-order valence-electron chi connectivity index (χ2n) is 5.79. The van der Waals surface area contributed by atoms with Crippen LogP contribution in [0.2, 0.25) is 5.02 Å². The van der Waals surface area contributed by atoms with Crippen LogP contribution in [0.25, 0.3) is 5.57 Å². The highest BCUT2D eigenvalue weighted by Gasteiger charge is 2.20. The van der Waals surface area contributed by atoms with Gasteiger partial charge in [-0.2, -0.15) is 0 Å². The fourth-order valence-electron chi connectivity index (χ4n) is 2.76. The number of rotatable bonds is 4. The van der Waals surface area contributed by atoms with E-state index < -0.39 is 11.5 Å². The number of hydrogen-bond donors (Lipinski definition) is 3. The molecule has 0 unspecified atom stereocenters. The van der Waals surface area contributed by atoms with Crippen molar-refractivity contribution in [3.8, 4) is 0 Å². The Balaban J connectivity index is 2.11. The molecule has 3 rings (SSSR count). The van der Waals surface area contributed by atoms with Gasteiger partial charge in [0.25, 0.3) is 5.56 Å². The number of aromatic nitrogens is 1. The SMILES string of the molecule is NC(=O)c1cccc(C(=C[C@H]2CCC(=O)N2)c2ccc(Cl)c(=O)[nH]2)c1. The van der Waals surface area contributed by atoms with E-state index in [-0.39, 0.29) is 17.0 Å². The molecule has 1 atom stereocenters. The van der Waals surface area contributed by atoms with Crippen molar-refractivity contribution >= 4 is 29.0 Å². The Hall–Kier alpha value is -2.86. The molecule has 1 fully saturated rings. The number of nitrogens with two attached hydrogens (primary N) is 1. The maximum Gasteiger partial charge on any atom is 0.267 e. The predicted molar refractivity (Wildman–Crippen MR) is 95.3 cm³/mol. The second-order valence-corrected chi connectivity index (χ2v) is 6.19. The Morgan fingerprint density at radius 2 is 1.96 bits per heavy atom. The van der Waals surface area contributed by atoms with Crippen molar-refractivity contribution in [1.82, 2.24) is 10.3 Å². The second kappa shape index (κ2) is 6.94. The van der Waals surface area contributed by atoms with Gasteiger partial charge in [-0.25, -0.2) is 0 Å². The van der Waals surface area contributed by atoms with Crippen LogP contribution in [0.1, 0.15) is 34.5 Å². The molecule has 1 aromatic carbocycles. The number of carbonyl (C=O) groups is 2. The maximum absolute atomic E-state index is 11.9. The third-order valence-electron chi connectivity index (χ3n) is 4.01. The minimum absolute atomic E-state index is 0.0175. The van der Waals surface area contributed by atoms with E-state index in [1.807, 2.05) is 12.1 Å². The van der Waals surface area contributed by atoms with Gasteiger partial charge in [0.05, 0.1) is 0 Å². The number of amides is 2. The summed E-state index contributed by atoms with van der Waals surface area (Å²) in [7, 11) is 0. The first-order chi connectivity index (χ1) is 11.9. The molecular formula is C18H16ClN3O3. The third-order valence-corrected chi connectivity index (χ3v) is 4.30. The Morgan fingerprint density at radius 1 is 1.20 bits per heavy atom. The summed E-state index contributed by atoms with van der Waals surface area (Å²) in [5.74, 6) is -0.559. The van der Waals surface area contributed by atoms with E-state index in [1.165, 1.54) is 6.07 Å². The minimum atomic E-state index is -0.542. The molecule has 6 nitrogen and oxygen atoms in total. The molecule has 2 aromatic rings. The molecule has 4 N–H and O–H groups in total. The number of H-pyrrole nitrogens is 1. The van der Waals surface area contributed by atoms with Crippen molar-refractivity contribution in [2.75, 3.05) is 0 Å². The zero-order valence-electron chi connectivity index (χ0n) is 13.2. The summed E-state index contributed by atoms with van der Waals surface area (Å²) in [4.78, 5) is 37.5. The van der Waals surface area contributed by atoms with E-state index in [4.69, 9.17) is 17.3 Å². The lowest BCUT2D eigenvalue weighted by Gasteiger charge is -2.13. The van der Waals surface area contributed by atoms with Crippen LogP contribution in [-0.2, 0) is 4.79 Å². The van der Waals surface area contributed by atoms with E-state index in [0.29, 0.717) is 35.2 Å². The number of halogens is 1. The molecule has 1 aliphatic rings. The molecule has 7 heteroatoms. The quantitative estimate of drug-likeness (QED) is 0.777. The summed E-state index contributed by atoms with van der Waals surface area (Å²) in [5.41, 5.74) is 7.23. The largest absolute Gasteiger partial charge is 0.366 e. The van der Waals surface area contributed by atoms with Gasteiger partial charge in [-0.3, -0.25) is 14.4 Å². The third kappa shape index (κ3) is 3.80. The topological polar surface area (TPSA) is 105 Å². The molecule has 25 heavy (non-hydrogen) atoms. The summed E-state index contributed by atoms with van der Waals surface area (Å²) in [6.07, 6.45) is 2.98. The average molecular weight is 358 g/mol. The summed E-state index contributed by atoms with van der Waals surface area (Å²) < 4.78 is 0. The Labute approximate surface area is 148 Å². The molecule has 1 aromatic heterocycles. The van der Waals surface area contributed by atoms with Gasteiger partial charge in [-0.15, -0.1) is 0 Å².